The zero-order chi connectivity index (χ0) is 12.4. The van der Waals surface area contributed by atoms with E-state index >= 15 is 0 Å². The van der Waals surface area contributed by atoms with E-state index in [1.165, 1.54) is 6.07 Å². The van der Waals surface area contributed by atoms with Gasteiger partial charge in [0.25, 0.3) is 0 Å². The van der Waals surface area contributed by atoms with E-state index < -0.39 is 0 Å². The van der Waals surface area contributed by atoms with Crippen LogP contribution in [0, 0.1) is 19.7 Å². The van der Waals surface area contributed by atoms with E-state index in [4.69, 9.17) is 4.74 Å². The number of rotatable bonds is 2. The van der Waals surface area contributed by atoms with Gasteiger partial charge in [0, 0.05) is 5.56 Å². The van der Waals surface area contributed by atoms with Gasteiger partial charge in [-0.05, 0) is 37.6 Å². The molecule has 0 fully saturated rings. The van der Waals surface area contributed by atoms with Gasteiger partial charge in [0.2, 0.25) is 0 Å². The van der Waals surface area contributed by atoms with Crippen LogP contribution >= 0.6 is 0 Å². The molecule has 0 radical (unpaired) electrons. The molecule has 2 aromatic rings. The molecule has 0 unspecified atom stereocenters. The summed E-state index contributed by atoms with van der Waals surface area (Å²) in [6.07, 6.45) is 0. The summed E-state index contributed by atoms with van der Waals surface area (Å²) in [4.78, 5) is 0. The summed E-state index contributed by atoms with van der Waals surface area (Å²) in [5.74, 6) is 0.441. The monoisotopic (exact) mass is 230 g/mol. The summed E-state index contributed by atoms with van der Waals surface area (Å²) in [6, 6.07) is 10.8. The van der Waals surface area contributed by atoms with Gasteiger partial charge < -0.3 is 4.74 Å². The summed E-state index contributed by atoms with van der Waals surface area (Å²) < 4.78 is 18.9. The Hall–Kier alpha value is -1.83. The van der Waals surface area contributed by atoms with E-state index in [2.05, 4.69) is 6.07 Å². The van der Waals surface area contributed by atoms with Crippen LogP contribution in [0.1, 0.15) is 11.1 Å². The quantitative estimate of drug-likeness (QED) is 0.754. The highest BCUT2D eigenvalue weighted by molar-refractivity contribution is 5.67. The molecule has 0 atom stereocenters. The number of hydrogen-bond acceptors (Lipinski definition) is 1. The normalized spacial score (nSPS) is 10.4. The average molecular weight is 230 g/mol. The van der Waals surface area contributed by atoms with Crippen molar-refractivity contribution in [3.05, 3.63) is 53.3 Å². The molecular formula is C15H15FO. The lowest BCUT2D eigenvalue weighted by Crippen LogP contribution is -1.89. The molecule has 1 nitrogen and oxygen atoms in total. The second-order valence-corrected chi connectivity index (χ2v) is 4.22. The van der Waals surface area contributed by atoms with E-state index in [0.717, 1.165) is 16.7 Å². The van der Waals surface area contributed by atoms with Crippen LogP contribution in [-0.2, 0) is 0 Å². The Morgan fingerprint density at radius 1 is 0.941 bits per heavy atom. The Balaban J connectivity index is 2.58. The SMILES string of the molecule is COc1ccc(F)c(-c2cc(C)cc(C)c2)c1. The minimum absolute atomic E-state index is 0.226. The zero-order valence-corrected chi connectivity index (χ0v) is 10.3. The van der Waals surface area contributed by atoms with Crippen LogP contribution in [0.25, 0.3) is 11.1 Å². The molecule has 0 saturated carbocycles. The Morgan fingerprint density at radius 2 is 1.59 bits per heavy atom. The van der Waals surface area contributed by atoms with Crippen LogP contribution < -0.4 is 4.74 Å². The molecule has 0 bridgehead atoms. The Bertz CT molecular complexity index is 526. The van der Waals surface area contributed by atoms with E-state index in [1.54, 1.807) is 19.2 Å². The molecule has 0 N–H and O–H groups in total. The molecule has 0 saturated heterocycles. The van der Waals surface area contributed by atoms with Gasteiger partial charge in [0.1, 0.15) is 11.6 Å². The van der Waals surface area contributed by atoms with Crippen LogP contribution in [-0.4, -0.2) is 7.11 Å². The highest BCUT2D eigenvalue weighted by Gasteiger charge is 2.07. The lowest BCUT2D eigenvalue weighted by molar-refractivity contribution is 0.414. The maximum absolute atomic E-state index is 13.8. The second-order valence-electron chi connectivity index (χ2n) is 4.22. The number of hydrogen-bond donors (Lipinski definition) is 0. The Kier molecular flexibility index (Phi) is 3.14. The summed E-state index contributed by atoms with van der Waals surface area (Å²) in [5.41, 5.74) is 3.72. The number of halogens is 1. The summed E-state index contributed by atoms with van der Waals surface area (Å²) in [5, 5.41) is 0. The fourth-order valence-corrected chi connectivity index (χ4v) is 1.98. The summed E-state index contributed by atoms with van der Waals surface area (Å²) >= 11 is 0. The first-order valence-electron chi connectivity index (χ1n) is 5.52. The fourth-order valence-electron chi connectivity index (χ4n) is 1.98. The number of aryl methyl sites for hydroxylation is 2. The van der Waals surface area contributed by atoms with E-state index in [9.17, 15) is 4.39 Å². The summed E-state index contributed by atoms with van der Waals surface area (Å²) in [6.45, 7) is 4.02. The van der Waals surface area contributed by atoms with Crippen LogP contribution in [0.2, 0.25) is 0 Å². The largest absolute Gasteiger partial charge is 0.497 e. The third-order valence-electron chi connectivity index (χ3n) is 2.71. The van der Waals surface area contributed by atoms with Gasteiger partial charge in [-0.1, -0.05) is 29.3 Å². The second kappa shape index (κ2) is 4.58. The maximum atomic E-state index is 13.8. The Labute approximate surface area is 101 Å². The van der Waals surface area contributed by atoms with Gasteiger partial charge in [0.05, 0.1) is 7.11 Å². The lowest BCUT2D eigenvalue weighted by atomic mass is 10.0. The number of benzene rings is 2. The highest BCUT2D eigenvalue weighted by atomic mass is 19.1. The van der Waals surface area contributed by atoms with E-state index in [-0.39, 0.29) is 5.82 Å². The minimum Gasteiger partial charge on any atom is -0.497 e. The van der Waals surface area contributed by atoms with Crippen molar-refractivity contribution in [2.24, 2.45) is 0 Å². The molecule has 0 aliphatic carbocycles. The van der Waals surface area contributed by atoms with Crippen LogP contribution in [0.4, 0.5) is 4.39 Å². The molecule has 2 rings (SSSR count). The van der Waals surface area contributed by atoms with Gasteiger partial charge in [-0.25, -0.2) is 4.39 Å². The molecule has 2 heteroatoms. The third-order valence-corrected chi connectivity index (χ3v) is 2.71. The van der Waals surface area contributed by atoms with Crippen molar-refractivity contribution in [1.29, 1.82) is 0 Å². The maximum Gasteiger partial charge on any atom is 0.131 e. The molecule has 0 heterocycles. The van der Waals surface area contributed by atoms with Gasteiger partial charge >= 0.3 is 0 Å². The van der Waals surface area contributed by atoms with Crippen LogP contribution in [0.15, 0.2) is 36.4 Å². The standard InChI is InChI=1S/C15H15FO/c1-10-6-11(2)8-12(7-10)14-9-13(17-3)4-5-15(14)16/h4-9H,1-3H3. The fraction of sp³-hybridized carbons (Fsp3) is 0.200. The first kappa shape index (κ1) is 11.6. The van der Waals surface area contributed by atoms with E-state index in [0.29, 0.717) is 11.3 Å². The Morgan fingerprint density at radius 3 is 2.18 bits per heavy atom. The number of ether oxygens (including phenoxy) is 1. The van der Waals surface area contributed by atoms with Crippen molar-refractivity contribution < 1.29 is 9.13 Å². The van der Waals surface area contributed by atoms with Crippen molar-refractivity contribution >= 4 is 0 Å². The van der Waals surface area contributed by atoms with Gasteiger partial charge in [0.15, 0.2) is 0 Å². The molecule has 88 valence electrons. The molecule has 2 aromatic carbocycles. The van der Waals surface area contributed by atoms with Crippen molar-refractivity contribution in [2.75, 3.05) is 7.11 Å². The minimum atomic E-state index is -0.226. The highest BCUT2D eigenvalue weighted by Crippen LogP contribution is 2.28. The van der Waals surface area contributed by atoms with Crippen molar-refractivity contribution in [3.8, 4) is 16.9 Å². The predicted molar refractivity (Wildman–Crippen MR) is 67.9 cm³/mol. The predicted octanol–water partition coefficient (Wildman–Crippen LogP) is 4.12. The summed E-state index contributed by atoms with van der Waals surface area (Å²) in [7, 11) is 1.58. The molecule has 0 spiro atoms. The van der Waals surface area contributed by atoms with Crippen molar-refractivity contribution in [3.63, 3.8) is 0 Å². The van der Waals surface area contributed by atoms with E-state index in [1.807, 2.05) is 26.0 Å². The van der Waals surface area contributed by atoms with Crippen LogP contribution in [0.3, 0.4) is 0 Å². The van der Waals surface area contributed by atoms with Crippen molar-refractivity contribution in [1.82, 2.24) is 0 Å². The topological polar surface area (TPSA) is 9.23 Å². The molecular weight excluding hydrogens is 215 g/mol. The molecule has 0 aliphatic rings. The van der Waals surface area contributed by atoms with Crippen molar-refractivity contribution in [2.45, 2.75) is 13.8 Å². The smallest absolute Gasteiger partial charge is 0.131 e. The molecule has 0 aliphatic heterocycles. The molecule has 0 amide bonds. The zero-order valence-electron chi connectivity index (χ0n) is 10.3. The van der Waals surface area contributed by atoms with Crippen LogP contribution in [0.5, 0.6) is 5.75 Å². The first-order valence-corrected chi connectivity index (χ1v) is 5.52. The van der Waals surface area contributed by atoms with Gasteiger partial charge in [-0.2, -0.15) is 0 Å². The van der Waals surface area contributed by atoms with Gasteiger partial charge in [-0.15, -0.1) is 0 Å². The average Bonchev–Trinajstić information content (AvgIpc) is 2.28. The molecule has 17 heavy (non-hydrogen) atoms. The number of methoxy groups -OCH3 is 1. The third kappa shape index (κ3) is 2.47. The molecule has 0 aromatic heterocycles. The van der Waals surface area contributed by atoms with Gasteiger partial charge in [-0.3, -0.25) is 0 Å². The first-order chi connectivity index (χ1) is 8.10. The lowest BCUT2D eigenvalue weighted by Gasteiger charge is -2.08.